The van der Waals surface area contributed by atoms with Crippen LogP contribution in [0.1, 0.15) is 38.4 Å². The fourth-order valence-corrected chi connectivity index (χ4v) is 4.51. The molecule has 0 radical (unpaired) electrons. The van der Waals surface area contributed by atoms with E-state index in [1.54, 1.807) is 17.8 Å². The van der Waals surface area contributed by atoms with E-state index in [9.17, 15) is 19.0 Å². The maximum atomic E-state index is 14.3. The molecule has 1 aliphatic rings. The number of piperidine rings is 1. The molecule has 3 atom stereocenters. The molecule has 1 saturated heterocycles. The molecule has 4 heterocycles. The van der Waals surface area contributed by atoms with Crippen molar-refractivity contribution in [2.24, 2.45) is 0 Å². The predicted molar refractivity (Wildman–Crippen MR) is 121 cm³/mol. The van der Waals surface area contributed by atoms with Crippen molar-refractivity contribution in [3.05, 3.63) is 42.0 Å². The van der Waals surface area contributed by atoms with Crippen LogP contribution in [0.25, 0.3) is 16.6 Å². The van der Waals surface area contributed by atoms with E-state index in [-0.39, 0.29) is 47.6 Å². The van der Waals surface area contributed by atoms with Crippen LogP contribution < -0.4 is 10.6 Å². The molecule has 1 fully saturated rings. The summed E-state index contributed by atoms with van der Waals surface area (Å²) in [5, 5.41) is 28.5. The minimum atomic E-state index is -1.27. The lowest BCUT2D eigenvalue weighted by Gasteiger charge is -2.37. The third-order valence-corrected chi connectivity index (χ3v) is 6.38. The lowest BCUT2D eigenvalue weighted by molar-refractivity contribution is -0.0145. The molecule has 0 aliphatic carbocycles. The first-order valence-corrected chi connectivity index (χ1v) is 11.1. The average Bonchev–Trinajstić information content (AvgIpc) is 3.43. The first-order valence-electron chi connectivity index (χ1n) is 11.1. The van der Waals surface area contributed by atoms with Gasteiger partial charge in [0.15, 0.2) is 17.3 Å². The van der Waals surface area contributed by atoms with Crippen LogP contribution in [0.5, 0.6) is 0 Å². The van der Waals surface area contributed by atoms with E-state index >= 15 is 0 Å². The number of nitrogens with two attached hydrogens (primary N) is 1. The fraction of sp³-hybridized carbons (Fsp3) is 0.455. The smallest absolute Gasteiger partial charge is 0.223 e. The van der Waals surface area contributed by atoms with E-state index in [0.29, 0.717) is 12.4 Å². The Kier molecular flexibility index (Phi) is 5.36. The van der Waals surface area contributed by atoms with Crippen LogP contribution in [-0.4, -0.2) is 64.4 Å². The monoisotopic (exact) mass is 472 g/mol. The zero-order valence-electron chi connectivity index (χ0n) is 18.9. The molecule has 34 heavy (non-hydrogen) atoms. The second kappa shape index (κ2) is 8.13. The lowest BCUT2D eigenvalue weighted by atomic mass is 9.92. The molecule has 10 nitrogen and oxygen atoms in total. The highest BCUT2D eigenvalue weighted by Gasteiger charge is 2.31. The predicted octanol–water partition coefficient (Wildman–Crippen LogP) is 1.85. The zero-order chi connectivity index (χ0) is 24.2. The molecule has 4 N–H and O–H groups in total. The molecule has 1 unspecified atom stereocenters. The number of halogens is 2. The molecule has 0 amide bonds. The number of nitrogens with zero attached hydrogens (tertiary/aromatic N) is 7. The highest BCUT2D eigenvalue weighted by Crippen LogP contribution is 2.33. The zero-order valence-corrected chi connectivity index (χ0v) is 18.9. The summed E-state index contributed by atoms with van der Waals surface area (Å²) < 4.78 is 31.1. The molecular weight excluding hydrogens is 446 g/mol. The van der Waals surface area contributed by atoms with Gasteiger partial charge in [-0.2, -0.15) is 9.61 Å². The summed E-state index contributed by atoms with van der Waals surface area (Å²) in [5.74, 6) is -1.07. The SMILES string of the molecule is C[C@H]1CC[C@@H](c2nc3c4cc(F)cc(F)c4nc(N)n3n2)CN1c1cnn(CC(C)(O)CO)c1. The van der Waals surface area contributed by atoms with Crippen molar-refractivity contribution in [2.45, 2.75) is 50.8 Å². The van der Waals surface area contributed by atoms with Gasteiger partial charge >= 0.3 is 0 Å². The van der Waals surface area contributed by atoms with Crippen molar-refractivity contribution in [1.82, 2.24) is 29.4 Å². The minimum absolute atomic E-state index is 0.0231. The summed E-state index contributed by atoms with van der Waals surface area (Å²) in [5.41, 5.74) is 5.84. The summed E-state index contributed by atoms with van der Waals surface area (Å²) in [6.45, 7) is 4.06. The van der Waals surface area contributed by atoms with Gasteiger partial charge in [-0.15, -0.1) is 5.10 Å². The average molecular weight is 473 g/mol. The van der Waals surface area contributed by atoms with Gasteiger partial charge in [-0.3, -0.25) is 4.68 Å². The number of aliphatic hydroxyl groups excluding tert-OH is 1. The van der Waals surface area contributed by atoms with Crippen LogP contribution in [0.4, 0.5) is 20.4 Å². The number of aromatic nitrogens is 6. The standard InChI is InChI=1S/C22H26F2N8O2/c1-12-3-4-13(8-31(12)15-7-26-30(9-15)10-22(2,34)11-33)19-28-20-16-5-14(23)6-17(24)18(16)27-21(25)32(20)29-19/h5-7,9,12-13,33-34H,3-4,8,10-11H2,1-2H3,(H2,25,27)/t12-,13+,22?/m0/s1. The summed E-state index contributed by atoms with van der Waals surface area (Å²) in [4.78, 5) is 10.9. The quantitative estimate of drug-likeness (QED) is 0.401. The van der Waals surface area contributed by atoms with Crippen molar-refractivity contribution in [1.29, 1.82) is 0 Å². The number of hydrogen-bond acceptors (Lipinski definition) is 8. The lowest BCUT2D eigenvalue weighted by Crippen LogP contribution is -2.41. The first kappa shape index (κ1) is 22.4. The van der Waals surface area contributed by atoms with Crippen molar-refractivity contribution in [2.75, 3.05) is 23.8 Å². The molecule has 1 aliphatic heterocycles. The Morgan fingerprint density at radius 3 is 2.79 bits per heavy atom. The molecule has 0 saturated carbocycles. The van der Waals surface area contributed by atoms with Crippen molar-refractivity contribution in [3.8, 4) is 0 Å². The van der Waals surface area contributed by atoms with E-state index in [4.69, 9.17) is 5.73 Å². The Morgan fingerprint density at radius 2 is 2.03 bits per heavy atom. The Morgan fingerprint density at radius 1 is 1.24 bits per heavy atom. The van der Waals surface area contributed by atoms with Gasteiger partial charge in [0, 0.05) is 30.8 Å². The molecule has 3 aromatic heterocycles. The van der Waals surface area contributed by atoms with Gasteiger partial charge in [-0.25, -0.2) is 18.7 Å². The second-order valence-electron chi connectivity index (χ2n) is 9.29. The molecule has 4 aromatic rings. The first-order chi connectivity index (χ1) is 16.1. The van der Waals surface area contributed by atoms with E-state index in [0.717, 1.165) is 24.6 Å². The van der Waals surface area contributed by atoms with Crippen molar-refractivity contribution < 1.29 is 19.0 Å². The fourth-order valence-electron chi connectivity index (χ4n) is 4.51. The van der Waals surface area contributed by atoms with Gasteiger partial charge in [0.2, 0.25) is 5.95 Å². The van der Waals surface area contributed by atoms with Crippen LogP contribution in [-0.2, 0) is 6.54 Å². The molecule has 12 heteroatoms. The van der Waals surface area contributed by atoms with E-state index < -0.39 is 17.2 Å². The number of hydrogen-bond donors (Lipinski definition) is 3. The Labute approximate surface area is 193 Å². The van der Waals surface area contributed by atoms with Crippen LogP contribution in [0.15, 0.2) is 24.5 Å². The van der Waals surface area contributed by atoms with Gasteiger partial charge < -0.3 is 20.8 Å². The van der Waals surface area contributed by atoms with E-state index in [1.807, 2.05) is 6.20 Å². The summed E-state index contributed by atoms with van der Waals surface area (Å²) in [7, 11) is 0. The highest BCUT2D eigenvalue weighted by molar-refractivity contribution is 5.92. The summed E-state index contributed by atoms with van der Waals surface area (Å²) >= 11 is 0. The van der Waals surface area contributed by atoms with Gasteiger partial charge in [0.1, 0.15) is 16.9 Å². The van der Waals surface area contributed by atoms with E-state index in [1.165, 1.54) is 10.6 Å². The second-order valence-corrected chi connectivity index (χ2v) is 9.29. The van der Waals surface area contributed by atoms with Gasteiger partial charge in [0.05, 0.1) is 30.4 Å². The number of nitrogen functional groups attached to an aromatic ring is 1. The molecule has 180 valence electrons. The third kappa shape index (κ3) is 3.92. The van der Waals surface area contributed by atoms with Crippen LogP contribution >= 0.6 is 0 Å². The number of benzene rings is 1. The van der Waals surface area contributed by atoms with Crippen LogP contribution in [0, 0.1) is 11.6 Å². The maximum absolute atomic E-state index is 14.3. The largest absolute Gasteiger partial charge is 0.393 e. The Hall–Kier alpha value is -3.38. The number of aliphatic hydroxyl groups is 2. The highest BCUT2D eigenvalue weighted by atomic mass is 19.1. The molecule has 5 rings (SSSR count). The molecule has 0 spiro atoms. The number of rotatable bonds is 5. The Balaban J connectivity index is 1.47. The molecule has 0 bridgehead atoms. The summed E-state index contributed by atoms with van der Waals surface area (Å²) in [6.07, 6.45) is 5.26. The van der Waals surface area contributed by atoms with Crippen LogP contribution in [0.3, 0.4) is 0 Å². The maximum Gasteiger partial charge on any atom is 0.223 e. The van der Waals surface area contributed by atoms with Gasteiger partial charge in [0.25, 0.3) is 0 Å². The van der Waals surface area contributed by atoms with Crippen molar-refractivity contribution >= 4 is 28.2 Å². The normalized spacial score (nSPS) is 20.8. The Bertz CT molecular complexity index is 1370. The molecular formula is C22H26F2N8O2. The minimum Gasteiger partial charge on any atom is -0.393 e. The van der Waals surface area contributed by atoms with Gasteiger partial charge in [-0.1, -0.05) is 0 Å². The van der Waals surface area contributed by atoms with Gasteiger partial charge in [-0.05, 0) is 32.8 Å². The van der Waals surface area contributed by atoms with Crippen LogP contribution in [0.2, 0.25) is 0 Å². The van der Waals surface area contributed by atoms with Crippen molar-refractivity contribution in [3.63, 3.8) is 0 Å². The summed E-state index contributed by atoms with van der Waals surface area (Å²) in [6, 6.07) is 2.19. The topological polar surface area (TPSA) is 131 Å². The molecule has 1 aromatic carbocycles. The number of anilines is 2. The van der Waals surface area contributed by atoms with E-state index in [2.05, 4.69) is 32.0 Å². The third-order valence-electron chi connectivity index (χ3n) is 6.38. The number of fused-ring (bicyclic) bond motifs is 3.